The summed E-state index contributed by atoms with van der Waals surface area (Å²) in [5.74, 6) is 0.0516. The molecule has 1 aromatic heterocycles. The number of anilines is 1. The zero-order valence-electron chi connectivity index (χ0n) is 22.0. The number of hydrogen-bond donors (Lipinski definition) is 1. The lowest BCUT2D eigenvalue weighted by molar-refractivity contribution is -0.116. The number of hydrogen-bond acceptors (Lipinski definition) is 3. The van der Waals surface area contributed by atoms with Crippen molar-refractivity contribution in [3.05, 3.63) is 76.4 Å². The Morgan fingerprint density at radius 1 is 1.03 bits per heavy atom. The van der Waals surface area contributed by atoms with E-state index < -0.39 is 0 Å². The second kappa shape index (κ2) is 12.2. The number of rotatable bonds is 10. The van der Waals surface area contributed by atoms with Crippen LogP contribution in [-0.4, -0.2) is 39.6 Å². The van der Waals surface area contributed by atoms with Crippen LogP contribution in [-0.2, 0) is 16.6 Å². The number of likely N-dealkylation sites (N-methyl/N-ethyl adjacent to an activating group) is 1. The van der Waals surface area contributed by atoms with Crippen molar-refractivity contribution in [2.75, 3.05) is 18.4 Å². The molecule has 0 bridgehead atoms. The molecular weight excluding hydrogens is 472 g/mol. The number of carbonyl (C=O) groups is 2. The van der Waals surface area contributed by atoms with Crippen LogP contribution in [0.15, 0.2) is 54.6 Å². The van der Waals surface area contributed by atoms with Gasteiger partial charge in [0.05, 0.1) is 16.4 Å². The van der Waals surface area contributed by atoms with Gasteiger partial charge < -0.3 is 10.2 Å². The van der Waals surface area contributed by atoms with E-state index in [1.807, 2.05) is 55.5 Å². The Labute approximate surface area is 219 Å². The summed E-state index contributed by atoms with van der Waals surface area (Å²) in [5, 5.41) is 8.19. The number of amides is 2. The van der Waals surface area contributed by atoms with Gasteiger partial charge in [-0.15, -0.1) is 0 Å². The molecule has 7 heteroatoms. The molecule has 1 heterocycles. The highest BCUT2D eigenvalue weighted by atomic mass is 35.5. The Morgan fingerprint density at radius 2 is 1.72 bits per heavy atom. The number of benzene rings is 2. The predicted molar refractivity (Wildman–Crippen MR) is 147 cm³/mol. The summed E-state index contributed by atoms with van der Waals surface area (Å²) < 4.78 is 1.65. The quantitative estimate of drug-likeness (QED) is 0.311. The van der Waals surface area contributed by atoms with E-state index >= 15 is 0 Å². The average molecular weight is 509 g/mol. The molecule has 0 fully saturated rings. The van der Waals surface area contributed by atoms with Crippen molar-refractivity contribution in [2.24, 2.45) is 0 Å². The van der Waals surface area contributed by atoms with Crippen LogP contribution in [0.4, 0.5) is 5.82 Å². The summed E-state index contributed by atoms with van der Waals surface area (Å²) in [4.78, 5) is 27.7. The van der Waals surface area contributed by atoms with Gasteiger partial charge in [0.15, 0.2) is 0 Å². The van der Waals surface area contributed by atoms with Crippen molar-refractivity contribution in [1.29, 1.82) is 0 Å². The Kier molecular flexibility index (Phi) is 9.32. The molecular formula is C29H37ClN4O2. The smallest absolute Gasteiger partial charge is 0.254 e. The Hall–Kier alpha value is -3.12. The molecule has 0 spiro atoms. The molecule has 0 aliphatic carbocycles. The van der Waals surface area contributed by atoms with Crippen LogP contribution in [0.2, 0.25) is 5.02 Å². The molecule has 2 aromatic carbocycles. The van der Waals surface area contributed by atoms with E-state index in [4.69, 9.17) is 16.7 Å². The number of carbonyl (C=O) groups excluding carboxylic acids is 2. The standard InChI is InChI=1S/C29H37ClN4O2/c1-6-8-9-12-21-15-17-22(18-16-21)28(36)33(7-2)20-27(35)31-26-19-25(29(3,4)5)32-34(26)24-14-11-10-13-23(24)30/h10-11,13-19H,6-9,12,20H2,1-5H3,(H,31,35). The lowest BCUT2D eigenvalue weighted by atomic mass is 9.92. The van der Waals surface area contributed by atoms with Gasteiger partial charge in [0.25, 0.3) is 5.91 Å². The molecule has 0 aliphatic rings. The zero-order chi connectivity index (χ0) is 26.3. The third-order valence-electron chi connectivity index (χ3n) is 6.10. The minimum Gasteiger partial charge on any atom is -0.330 e. The highest BCUT2D eigenvalue weighted by molar-refractivity contribution is 6.32. The lowest BCUT2D eigenvalue weighted by Gasteiger charge is -2.21. The Morgan fingerprint density at radius 3 is 2.33 bits per heavy atom. The monoisotopic (exact) mass is 508 g/mol. The van der Waals surface area contributed by atoms with Crippen LogP contribution < -0.4 is 5.32 Å². The predicted octanol–water partition coefficient (Wildman–Crippen LogP) is 6.66. The molecule has 0 saturated carbocycles. The van der Waals surface area contributed by atoms with Gasteiger partial charge >= 0.3 is 0 Å². The maximum Gasteiger partial charge on any atom is 0.254 e. The summed E-state index contributed by atoms with van der Waals surface area (Å²) in [6.45, 7) is 10.6. The molecule has 0 unspecified atom stereocenters. The van der Waals surface area contributed by atoms with Crippen molar-refractivity contribution in [3.8, 4) is 5.69 Å². The summed E-state index contributed by atoms with van der Waals surface area (Å²) in [6.07, 6.45) is 4.54. The van der Waals surface area contributed by atoms with E-state index in [2.05, 4.69) is 33.0 Å². The minimum absolute atomic E-state index is 0.0634. The van der Waals surface area contributed by atoms with Crippen molar-refractivity contribution >= 4 is 29.2 Å². The maximum atomic E-state index is 13.1. The Bertz CT molecular complexity index is 1180. The molecule has 3 rings (SSSR count). The van der Waals surface area contributed by atoms with Crippen LogP contribution in [0, 0.1) is 0 Å². The first-order valence-corrected chi connectivity index (χ1v) is 13.0. The molecule has 0 atom stereocenters. The van der Waals surface area contributed by atoms with Crippen LogP contribution in [0.3, 0.4) is 0 Å². The van der Waals surface area contributed by atoms with E-state index in [9.17, 15) is 9.59 Å². The molecule has 1 N–H and O–H groups in total. The number of aromatic nitrogens is 2. The normalized spacial score (nSPS) is 11.4. The van der Waals surface area contributed by atoms with E-state index in [-0.39, 0.29) is 23.8 Å². The third-order valence-corrected chi connectivity index (χ3v) is 6.42. The van der Waals surface area contributed by atoms with E-state index in [1.165, 1.54) is 18.4 Å². The van der Waals surface area contributed by atoms with E-state index in [0.29, 0.717) is 28.6 Å². The first-order chi connectivity index (χ1) is 17.1. The van der Waals surface area contributed by atoms with Gasteiger partial charge in [-0.1, -0.05) is 76.4 Å². The summed E-state index contributed by atoms with van der Waals surface area (Å²) in [7, 11) is 0. The number of halogens is 1. The summed E-state index contributed by atoms with van der Waals surface area (Å²) in [6, 6.07) is 16.9. The van der Waals surface area contributed by atoms with Gasteiger partial charge in [0.2, 0.25) is 5.91 Å². The van der Waals surface area contributed by atoms with Crippen LogP contribution >= 0.6 is 11.6 Å². The third kappa shape index (κ3) is 6.97. The lowest BCUT2D eigenvalue weighted by Crippen LogP contribution is -2.38. The maximum absolute atomic E-state index is 13.1. The number of nitrogens with zero attached hydrogens (tertiary/aromatic N) is 3. The fourth-order valence-corrected chi connectivity index (χ4v) is 4.12. The van der Waals surface area contributed by atoms with Crippen LogP contribution in [0.25, 0.3) is 5.69 Å². The first-order valence-electron chi connectivity index (χ1n) is 12.7. The van der Waals surface area contributed by atoms with Crippen molar-refractivity contribution < 1.29 is 9.59 Å². The van der Waals surface area contributed by atoms with Gasteiger partial charge in [0.1, 0.15) is 12.4 Å². The zero-order valence-corrected chi connectivity index (χ0v) is 22.7. The van der Waals surface area contributed by atoms with E-state index in [0.717, 1.165) is 18.5 Å². The summed E-state index contributed by atoms with van der Waals surface area (Å²) in [5.41, 5.74) is 3.08. The van der Waals surface area contributed by atoms with Gasteiger partial charge in [-0.25, -0.2) is 4.68 Å². The SMILES string of the molecule is CCCCCc1ccc(C(=O)N(CC)CC(=O)Nc2cc(C(C)(C)C)nn2-c2ccccc2Cl)cc1. The van der Waals surface area contributed by atoms with Crippen molar-refractivity contribution in [1.82, 2.24) is 14.7 Å². The number of nitrogens with one attached hydrogen (secondary N) is 1. The van der Waals surface area contributed by atoms with Crippen LogP contribution in [0.1, 0.15) is 75.5 Å². The average Bonchev–Trinajstić information content (AvgIpc) is 3.27. The molecule has 0 aliphatic heterocycles. The van der Waals surface area contributed by atoms with Gasteiger partial charge in [-0.3, -0.25) is 9.59 Å². The highest BCUT2D eigenvalue weighted by Gasteiger charge is 2.23. The van der Waals surface area contributed by atoms with Gasteiger partial charge in [-0.05, 0) is 49.6 Å². The fourth-order valence-electron chi connectivity index (χ4n) is 3.90. The van der Waals surface area contributed by atoms with Crippen molar-refractivity contribution in [2.45, 2.75) is 65.7 Å². The molecule has 3 aromatic rings. The van der Waals surface area contributed by atoms with Crippen LogP contribution in [0.5, 0.6) is 0 Å². The number of aryl methyl sites for hydroxylation is 1. The largest absolute Gasteiger partial charge is 0.330 e. The molecule has 0 radical (unpaired) electrons. The summed E-state index contributed by atoms with van der Waals surface area (Å²) >= 11 is 6.43. The van der Waals surface area contributed by atoms with Crippen molar-refractivity contribution in [3.63, 3.8) is 0 Å². The molecule has 6 nitrogen and oxygen atoms in total. The number of unbranched alkanes of at least 4 members (excludes halogenated alkanes) is 2. The van der Waals surface area contributed by atoms with E-state index in [1.54, 1.807) is 15.6 Å². The first kappa shape index (κ1) is 27.5. The fraction of sp³-hybridized carbons (Fsp3) is 0.414. The molecule has 0 saturated heterocycles. The Balaban J connectivity index is 1.75. The van der Waals surface area contributed by atoms with Gasteiger partial charge in [-0.2, -0.15) is 5.10 Å². The molecule has 36 heavy (non-hydrogen) atoms. The topological polar surface area (TPSA) is 67.2 Å². The highest BCUT2D eigenvalue weighted by Crippen LogP contribution is 2.29. The second-order valence-corrected chi connectivity index (χ2v) is 10.5. The second-order valence-electron chi connectivity index (χ2n) is 10.0. The molecule has 2 amide bonds. The number of para-hydroxylation sites is 1. The molecule has 192 valence electrons. The van der Waals surface area contributed by atoms with Gasteiger partial charge in [0, 0.05) is 23.6 Å². The minimum atomic E-state index is -0.296.